The van der Waals surface area contributed by atoms with Crippen molar-refractivity contribution >= 4 is 29.5 Å². The average Bonchev–Trinajstić information content (AvgIpc) is 3.75. The Bertz CT molecular complexity index is 1800. The lowest BCUT2D eigenvalue weighted by Gasteiger charge is -2.31. The molecule has 6 heteroatoms. The second-order valence-electron chi connectivity index (χ2n) is 12.2. The highest BCUT2D eigenvalue weighted by Crippen LogP contribution is 2.49. The molecule has 0 aromatic carbocycles. The van der Waals surface area contributed by atoms with E-state index in [1.807, 2.05) is 13.0 Å². The van der Waals surface area contributed by atoms with E-state index >= 15 is 0 Å². The van der Waals surface area contributed by atoms with E-state index in [0.717, 1.165) is 88.9 Å². The van der Waals surface area contributed by atoms with E-state index in [9.17, 15) is 9.90 Å². The lowest BCUT2D eigenvalue weighted by atomic mass is 9.72. The van der Waals surface area contributed by atoms with Crippen LogP contribution in [0, 0.1) is 5.41 Å². The van der Waals surface area contributed by atoms with Crippen LogP contribution in [0.1, 0.15) is 105 Å². The summed E-state index contributed by atoms with van der Waals surface area (Å²) in [5.41, 5.74) is 12.7. The van der Waals surface area contributed by atoms with Gasteiger partial charge in [-0.05, 0) is 109 Å². The number of carboxylic acid groups (broad SMARTS) is 1. The maximum absolute atomic E-state index is 13.4. The molecule has 0 radical (unpaired) electrons. The molecule has 0 saturated heterocycles. The van der Waals surface area contributed by atoms with E-state index in [2.05, 4.69) is 83.6 Å². The van der Waals surface area contributed by atoms with E-state index in [0.29, 0.717) is 12.8 Å². The number of aliphatic imine (C=N–C) groups is 2. The van der Waals surface area contributed by atoms with Crippen molar-refractivity contribution in [2.45, 2.75) is 113 Å². The minimum Gasteiger partial charge on any atom is -0.481 e. The summed E-state index contributed by atoms with van der Waals surface area (Å²) >= 11 is 0. The lowest BCUT2D eigenvalue weighted by molar-refractivity contribution is -0.147. The molecule has 2 atom stereocenters. The number of allylic oxidation sites excluding steroid dienone is 5. The molecule has 2 unspecified atom stereocenters. The quantitative estimate of drug-likeness (QED) is 0.261. The molecule has 0 fully saturated rings. The molecule has 0 amide bonds. The first-order valence-electron chi connectivity index (χ1n) is 17.1. The Kier molecular flexibility index (Phi) is 9.25. The van der Waals surface area contributed by atoms with Crippen molar-refractivity contribution in [3.8, 4) is 0 Å². The fourth-order valence-electron chi connectivity index (χ4n) is 8.25. The number of fused-ring (bicyclic) bond motifs is 6. The van der Waals surface area contributed by atoms with Gasteiger partial charge in [0.25, 0.3) is 0 Å². The molecule has 45 heavy (non-hydrogen) atoms. The lowest BCUT2D eigenvalue weighted by Crippen LogP contribution is -2.44. The summed E-state index contributed by atoms with van der Waals surface area (Å²) in [5, 5.41) is 16.9. The molecule has 238 valence electrons. The van der Waals surface area contributed by atoms with Crippen LogP contribution >= 0.6 is 0 Å². The van der Waals surface area contributed by atoms with Gasteiger partial charge in [-0.1, -0.05) is 68.0 Å². The van der Waals surface area contributed by atoms with Crippen LogP contribution in [-0.4, -0.2) is 33.5 Å². The number of nitrogens with one attached hydrogen (secondary N) is 2. The fourth-order valence-corrected chi connectivity index (χ4v) is 8.25. The summed E-state index contributed by atoms with van der Waals surface area (Å²) < 4.78 is 0. The Morgan fingerprint density at radius 2 is 1.38 bits per heavy atom. The molecule has 5 heterocycles. The summed E-state index contributed by atoms with van der Waals surface area (Å²) in [4.78, 5) is 27.8. The zero-order valence-corrected chi connectivity index (χ0v) is 28.5. The number of hydrogen-bond donors (Lipinski definition) is 3. The summed E-state index contributed by atoms with van der Waals surface area (Å²) in [6.45, 7) is 21.5. The van der Waals surface area contributed by atoms with Crippen molar-refractivity contribution in [3.05, 3.63) is 91.1 Å². The molecule has 0 saturated carbocycles. The Labute approximate surface area is 268 Å². The SMILES string of the molecule is C=C/C1=C2N=C(/C=c3\[nH]/c(c(CC)c3CC)=C\C3=NC(=C\C4NC1=C(CC)C4(CC)C(=O)O)/C(CC)=C3CC)C(CC)=C/2CC. The summed E-state index contributed by atoms with van der Waals surface area (Å²) in [7, 11) is 0. The predicted molar refractivity (Wildman–Crippen MR) is 188 cm³/mol. The van der Waals surface area contributed by atoms with Crippen molar-refractivity contribution in [2.24, 2.45) is 15.4 Å². The van der Waals surface area contributed by atoms with E-state index < -0.39 is 17.4 Å². The standard InChI is InChI=1S/C39H50N4O2/c1-10-22-23(11-2)32-20-33-26(14-5)27(15-6)36(42-33)28(16-7)37-29(17-8)39(18-9,38(44)45)35(43-37)21-34-25(13-4)24(12-3)31(41-34)19-30(22)40-32/h16,19-21,35,40,43H,7,10-15,17-18H2,1-6,8-9H3,(H,44,45)/b30-19-,32-20-,34-21-,36-28-. The molecule has 0 aliphatic carbocycles. The predicted octanol–water partition coefficient (Wildman–Crippen LogP) is 7.30. The number of aromatic amines is 1. The number of aliphatic carboxylic acids is 1. The minimum atomic E-state index is -1.12. The number of carbonyl (C=O) groups is 1. The second kappa shape index (κ2) is 12.8. The Morgan fingerprint density at radius 3 is 1.84 bits per heavy atom. The number of carboxylic acids is 1. The van der Waals surface area contributed by atoms with Crippen molar-refractivity contribution in [1.29, 1.82) is 0 Å². The summed E-state index contributed by atoms with van der Waals surface area (Å²) in [5.74, 6) is -0.813. The van der Waals surface area contributed by atoms with Gasteiger partial charge >= 0.3 is 5.97 Å². The third kappa shape index (κ3) is 4.88. The van der Waals surface area contributed by atoms with E-state index in [4.69, 9.17) is 9.98 Å². The number of aromatic nitrogens is 1. The average molecular weight is 607 g/mol. The van der Waals surface area contributed by atoms with Crippen LogP contribution in [0.25, 0.3) is 12.2 Å². The third-order valence-corrected chi connectivity index (χ3v) is 10.4. The first-order chi connectivity index (χ1) is 21.7. The van der Waals surface area contributed by atoms with Gasteiger partial charge < -0.3 is 15.4 Å². The Hall–Kier alpha value is -3.93. The highest BCUT2D eigenvalue weighted by molar-refractivity contribution is 6.24. The van der Waals surface area contributed by atoms with E-state index in [1.165, 1.54) is 33.4 Å². The first-order valence-corrected chi connectivity index (χ1v) is 17.1. The van der Waals surface area contributed by atoms with Crippen LogP contribution < -0.4 is 16.0 Å². The molecule has 3 N–H and O–H groups in total. The first kappa shape index (κ1) is 32.5. The van der Waals surface area contributed by atoms with Crippen LogP contribution in [0.2, 0.25) is 0 Å². The van der Waals surface area contributed by atoms with Crippen LogP contribution in [0.3, 0.4) is 0 Å². The Balaban J connectivity index is 1.99. The fraction of sp³-hybridized carbons (Fsp3) is 0.462. The molecule has 4 aliphatic heterocycles. The van der Waals surface area contributed by atoms with Gasteiger partial charge in [-0.3, -0.25) is 4.79 Å². The van der Waals surface area contributed by atoms with Gasteiger partial charge in [-0.25, -0.2) is 9.98 Å². The molecule has 8 bridgehead atoms. The zero-order chi connectivity index (χ0) is 32.6. The largest absolute Gasteiger partial charge is 0.481 e. The van der Waals surface area contributed by atoms with Gasteiger partial charge in [0, 0.05) is 22.0 Å². The molecule has 0 spiro atoms. The Morgan fingerprint density at radius 1 is 0.822 bits per heavy atom. The van der Waals surface area contributed by atoms with Crippen LogP contribution in [0.15, 0.2) is 79.2 Å². The highest BCUT2D eigenvalue weighted by atomic mass is 16.4. The van der Waals surface area contributed by atoms with Gasteiger partial charge in [-0.2, -0.15) is 0 Å². The van der Waals surface area contributed by atoms with Gasteiger partial charge in [0.15, 0.2) is 0 Å². The maximum atomic E-state index is 13.4. The smallest absolute Gasteiger partial charge is 0.316 e. The van der Waals surface area contributed by atoms with Crippen LogP contribution in [0.5, 0.6) is 0 Å². The highest BCUT2D eigenvalue weighted by Gasteiger charge is 2.53. The molecular weight excluding hydrogens is 556 g/mol. The van der Waals surface area contributed by atoms with E-state index in [-0.39, 0.29) is 0 Å². The van der Waals surface area contributed by atoms with Crippen molar-refractivity contribution in [3.63, 3.8) is 0 Å². The van der Waals surface area contributed by atoms with Gasteiger partial charge in [0.05, 0.1) is 28.9 Å². The van der Waals surface area contributed by atoms with E-state index in [1.54, 1.807) is 0 Å². The number of nitrogens with zero attached hydrogens (tertiary/aromatic N) is 2. The molecule has 4 aliphatic rings. The normalized spacial score (nSPS) is 27.0. The molecule has 1 aromatic heterocycles. The topological polar surface area (TPSA) is 89.8 Å². The van der Waals surface area contributed by atoms with Crippen LogP contribution in [0.4, 0.5) is 0 Å². The van der Waals surface area contributed by atoms with Gasteiger partial charge in [0.2, 0.25) is 0 Å². The zero-order valence-electron chi connectivity index (χ0n) is 28.5. The van der Waals surface area contributed by atoms with Crippen molar-refractivity contribution < 1.29 is 9.90 Å². The second-order valence-corrected chi connectivity index (χ2v) is 12.2. The number of H-pyrrole nitrogens is 1. The number of hydrogen-bond acceptors (Lipinski definition) is 4. The van der Waals surface area contributed by atoms with Crippen molar-refractivity contribution in [2.75, 3.05) is 0 Å². The maximum Gasteiger partial charge on any atom is 0.316 e. The molecular formula is C39H50N4O2. The molecule has 6 nitrogen and oxygen atoms in total. The van der Waals surface area contributed by atoms with Crippen molar-refractivity contribution in [1.82, 2.24) is 10.3 Å². The van der Waals surface area contributed by atoms with Gasteiger partial charge in [0.1, 0.15) is 5.41 Å². The third-order valence-electron chi connectivity index (χ3n) is 10.4. The summed E-state index contributed by atoms with van der Waals surface area (Å²) in [6, 6.07) is -0.475. The summed E-state index contributed by atoms with van der Waals surface area (Å²) in [6.07, 6.45) is 14.6. The molecule has 1 aromatic rings. The monoisotopic (exact) mass is 606 g/mol. The van der Waals surface area contributed by atoms with Gasteiger partial charge in [-0.15, -0.1) is 0 Å². The number of rotatable bonds is 10. The minimum absolute atomic E-state index is 0.453. The van der Waals surface area contributed by atoms with Crippen LogP contribution in [-0.2, 0) is 17.6 Å². The molecule has 5 rings (SSSR count).